The fourth-order valence-electron chi connectivity index (χ4n) is 1.21. The Morgan fingerprint density at radius 1 is 1.37 bits per heavy atom. The lowest BCUT2D eigenvalue weighted by atomic mass is 10.1. The molecule has 104 valence electrons. The lowest BCUT2D eigenvalue weighted by Crippen LogP contribution is -2.38. The highest BCUT2D eigenvalue weighted by Gasteiger charge is 2.10. The number of benzene rings is 1. The second-order valence-corrected chi connectivity index (χ2v) is 5.58. The van der Waals surface area contributed by atoms with E-state index in [2.05, 4.69) is 40.2 Å². The van der Waals surface area contributed by atoms with Gasteiger partial charge in [-0.2, -0.15) is 0 Å². The minimum absolute atomic E-state index is 0.0654. The third-order valence-corrected chi connectivity index (χ3v) is 3.26. The third kappa shape index (κ3) is 6.38. The molecule has 0 aliphatic rings. The van der Waals surface area contributed by atoms with Crippen molar-refractivity contribution < 1.29 is 9.63 Å². The predicted octanol–water partition coefficient (Wildman–Crippen LogP) is 2.96. The molecule has 0 radical (unpaired) electrons. The van der Waals surface area contributed by atoms with E-state index < -0.39 is 0 Å². The van der Waals surface area contributed by atoms with Crippen LogP contribution in [-0.4, -0.2) is 24.8 Å². The fourth-order valence-corrected chi connectivity index (χ4v) is 1.47. The molecule has 0 unspecified atom stereocenters. The zero-order chi connectivity index (χ0) is 14.3. The summed E-state index contributed by atoms with van der Waals surface area (Å²) >= 11 is 3.35. The van der Waals surface area contributed by atoms with Crippen LogP contribution in [0.4, 0.5) is 0 Å². The normalized spacial score (nSPS) is 12.7. The van der Waals surface area contributed by atoms with Crippen molar-refractivity contribution in [1.82, 2.24) is 5.32 Å². The summed E-state index contributed by atoms with van der Waals surface area (Å²) in [7, 11) is 0. The van der Waals surface area contributed by atoms with Crippen molar-refractivity contribution in [3.05, 3.63) is 34.3 Å². The van der Waals surface area contributed by atoms with Crippen LogP contribution in [0.25, 0.3) is 0 Å². The lowest BCUT2D eigenvalue weighted by molar-refractivity contribution is -0.126. The van der Waals surface area contributed by atoms with Crippen molar-refractivity contribution in [2.75, 3.05) is 6.61 Å². The number of nitrogens with zero attached hydrogens (tertiary/aromatic N) is 1. The van der Waals surface area contributed by atoms with Gasteiger partial charge in [0.05, 0.1) is 6.21 Å². The number of carbonyl (C=O) groups is 1. The Morgan fingerprint density at radius 2 is 2.00 bits per heavy atom. The molecule has 0 aliphatic heterocycles. The number of hydrogen-bond acceptors (Lipinski definition) is 3. The molecule has 1 N–H and O–H groups in total. The van der Waals surface area contributed by atoms with Crippen LogP contribution >= 0.6 is 15.9 Å². The average molecular weight is 327 g/mol. The molecule has 0 bridgehead atoms. The molecule has 0 aliphatic carbocycles. The summed E-state index contributed by atoms with van der Waals surface area (Å²) in [6.07, 6.45) is 1.57. The summed E-state index contributed by atoms with van der Waals surface area (Å²) in [4.78, 5) is 16.5. The van der Waals surface area contributed by atoms with Crippen molar-refractivity contribution in [3.63, 3.8) is 0 Å². The smallest absolute Gasteiger partial charge is 0.260 e. The van der Waals surface area contributed by atoms with Crippen LogP contribution < -0.4 is 5.32 Å². The summed E-state index contributed by atoms with van der Waals surface area (Å²) in [5.74, 6) is 0.240. The van der Waals surface area contributed by atoms with Gasteiger partial charge >= 0.3 is 0 Å². The molecule has 0 fully saturated rings. The van der Waals surface area contributed by atoms with Gasteiger partial charge < -0.3 is 10.2 Å². The van der Waals surface area contributed by atoms with Crippen molar-refractivity contribution in [2.24, 2.45) is 11.1 Å². The Morgan fingerprint density at radius 3 is 2.58 bits per heavy atom. The first kappa shape index (κ1) is 15.7. The maximum absolute atomic E-state index is 11.5. The molecule has 0 aromatic heterocycles. The van der Waals surface area contributed by atoms with Gasteiger partial charge in [0.1, 0.15) is 0 Å². The maximum atomic E-state index is 11.5. The number of hydrogen-bond donors (Lipinski definition) is 1. The lowest BCUT2D eigenvalue weighted by Gasteiger charge is -2.16. The van der Waals surface area contributed by atoms with Crippen LogP contribution in [0.2, 0.25) is 0 Å². The minimum atomic E-state index is -0.158. The zero-order valence-corrected chi connectivity index (χ0v) is 13.0. The van der Waals surface area contributed by atoms with Gasteiger partial charge in [-0.25, -0.2) is 0 Å². The van der Waals surface area contributed by atoms with Crippen molar-refractivity contribution in [1.29, 1.82) is 0 Å². The first-order chi connectivity index (χ1) is 8.99. The van der Waals surface area contributed by atoms with E-state index >= 15 is 0 Å². The van der Waals surface area contributed by atoms with Gasteiger partial charge in [0.15, 0.2) is 6.61 Å². The molecule has 19 heavy (non-hydrogen) atoms. The average Bonchev–Trinajstić information content (AvgIpc) is 2.36. The maximum Gasteiger partial charge on any atom is 0.260 e. The summed E-state index contributed by atoms with van der Waals surface area (Å²) in [5.41, 5.74) is 0.916. The van der Waals surface area contributed by atoms with Crippen LogP contribution in [0.5, 0.6) is 0 Å². The molecule has 0 saturated heterocycles. The first-order valence-corrected chi connectivity index (χ1v) is 6.98. The Hall–Kier alpha value is -1.36. The summed E-state index contributed by atoms with van der Waals surface area (Å²) in [6.45, 7) is 6.01. The minimum Gasteiger partial charge on any atom is -0.386 e. The van der Waals surface area contributed by atoms with Crippen LogP contribution in [0.15, 0.2) is 33.9 Å². The second-order valence-electron chi connectivity index (χ2n) is 4.66. The van der Waals surface area contributed by atoms with Gasteiger partial charge in [-0.05, 0) is 30.5 Å². The molecule has 1 aromatic rings. The van der Waals surface area contributed by atoms with Crippen LogP contribution in [-0.2, 0) is 9.63 Å². The van der Waals surface area contributed by atoms with Gasteiger partial charge in [0, 0.05) is 10.5 Å². The highest BCUT2D eigenvalue weighted by Crippen LogP contribution is 2.09. The van der Waals surface area contributed by atoms with E-state index in [9.17, 15) is 4.79 Å². The van der Waals surface area contributed by atoms with Crippen LogP contribution in [0.3, 0.4) is 0 Å². The van der Waals surface area contributed by atoms with Gasteiger partial charge in [-0.1, -0.05) is 47.1 Å². The van der Waals surface area contributed by atoms with E-state index in [1.807, 2.05) is 31.2 Å². The Labute approximate surface area is 122 Å². The second kappa shape index (κ2) is 7.94. The summed E-state index contributed by atoms with van der Waals surface area (Å²) in [6, 6.07) is 7.76. The molecule has 1 rings (SSSR count). The number of amides is 1. The number of halogens is 1. The Balaban J connectivity index is 2.30. The van der Waals surface area contributed by atoms with Crippen molar-refractivity contribution in [3.8, 4) is 0 Å². The number of carbonyl (C=O) groups excluding carboxylic acids is 1. The SMILES string of the molecule is CC(C)[C@H](C)NC(=O)CO/N=C\c1ccc(Br)cc1. The molecule has 4 nitrogen and oxygen atoms in total. The number of nitrogens with one attached hydrogen (secondary N) is 1. The first-order valence-electron chi connectivity index (χ1n) is 6.19. The van der Waals surface area contributed by atoms with E-state index in [4.69, 9.17) is 4.84 Å². The largest absolute Gasteiger partial charge is 0.386 e. The monoisotopic (exact) mass is 326 g/mol. The number of rotatable bonds is 6. The molecule has 5 heteroatoms. The fraction of sp³-hybridized carbons (Fsp3) is 0.429. The number of oxime groups is 1. The molecule has 0 spiro atoms. The highest BCUT2D eigenvalue weighted by atomic mass is 79.9. The molecule has 1 aromatic carbocycles. The molecular weight excluding hydrogens is 308 g/mol. The molecule has 1 amide bonds. The molecule has 0 saturated carbocycles. The predicted molar refractivity (Wildman–Crippen MR) is 80.1 cm³/mol. The van der Waals surface area contributed by atoms with E-state index in [0.717, 1.165) is 10.0 Å². The van der Waals surface area contributed by atoms with Gasteiger partial charge in [0.25, 0.3) is 5.91 Å². The van der Waals surface area contributed by atoms with E-state index in [1.54, 1.807) is 6.21 Å². The third-order valence-electron chi connectivity index (χ3n) is 2.73. The summed E-state index contributed by atoms with van der Waals surface area (Å²) in [5, 5.41) is 6.60. The Kier molecular flexibility index (Phi) is 6.56. The van der Waals surface area contributed by atoms with E-state index in [-0.39, 0.29) is 18.6 Å². The molecule has 0 heterocycles. The summed E-state index contributed by atoms with van der Waals surface area (Å²) < 4.78 is 1.01. The van der Waals surface area contributed by atoms with Gasteiger partial charge in [0.2, 0.25) is 0 Å². The Bertz CT molecular complexity index is 430. The van der Waals surface area contributed by atoms with E-state index in [0.29, 0.717) is 5.92 Å². The van der Waals surface area contributed by atoms with E-state index in [1.165, 1.54) is 0 Å². The topological polar surface area (TPSA) is 50.7 Å². The molecule has 1 atom stereocenters. The zero-order valence-electron chi connectivity index (χ0n) is 11.4. The van der Waals surface area contributed by atoms with Crippen LogP contribution in [0.1, 0.15) is 26.3 Å². The van der Waals surface area contributed by atoms with Crippen molar-refractivity contribution in [2.45, 2.75) is 26.8 Å². The quantitative estimate of drug-likeness (QED) is 0.645. The molecular formula is C14H19BrN2O2. The van der Waals surface area contributed by atoms with Gasteiger partial charge in [-0.15, -0.1) is 0 Å². The van der Waals surface area contributed by atoms with Crippen molar-refractivity contribution >= 4 is 28.1 Å². The van der Waals surface area contributed by atoms with Crippen LogP contribution in [0, 0.1) is 5.92 Å². The highest BCUT2D eigenvalue weighted by molar-refractivity contribution is 9.10. The van der Waals surface area contributed by atoms with Gasteiger partial charge in [-0.3, -0.25) is 4.79 Å². The standard InChI is InChI=1S/C14H19BrN2O2/c1-10(2)11(3)17-14(18)9-19-16-8-12-4-6-13(15)7-5-12/h4-8,10-11H,9H2,1-3H3,(H,17,18)/b16-8-/t11-/m0/s1.